The van der Waals surface area contributed by atoms with E-state index in [-0.39, 0.29) is 17.9 Å². The van der Waals surface area contributed by atoms with Crippen molar-refractivity contribution in [2.45, 2.75) is 89.3 Å². The van der Waals surface area contributed by atoms with E-state index < -0.39 is 5.54 Å². The van der Waals surface area contributed by atoms with Gasteiger partial charge in [0.15, 0.2) is 11.5 Å². The number of amides is 2. The van der Waals surface area contributed by atoms with Crippen LogP contribution < -0.4 is 14.8 Å². The highest BCUT2D eigenvalue weighted by molar-refractivity contribution is 6.00. The minimum absolute atomic E-state index is 0.0768. The Labute approximate surface area is 209 Å². The van der Waals surface area contributed by atoms with Crippen molar-refractivity contribution in [3.8, 4) is 11.5 Å². The Morgan fingerprint density at radius 3 is 2.51 bits per heavy atom. The largest absolute Gasteiger partial charge is 0.486 e. The molecule has 3 aliphatic heterocycles. The Balaban J connectivity index is 1.25. The van der Waals surface area contributed by atoms with Crippen molar-refractivity contribution in [3.63, 3.8) is 0 Å². The maximum Gasteiger partial charge on any atom is 0.246 e. The molecule has 1 aromatic rings. The van der Waals surface area contributed by atoms with Crippen LogP contribution in [-0.4, -0.2) is 66.0 Å². The maximum absolute atomic E-state index is 13.7. The van der Waals surface area contributed by atoms with E-state index in [4.69, 9.17) is 9.47 Å². The Hall–Kier alpha value is -2.28. The van der Waals surface area contributed by atoms with Gasteiger partial charge in [-0.25, -0.2) is 0 Å². The van der Waals surface area contributed by atoms with Crippen molar-refractivity contribution in [3.05, 3.63) is 23.8 Å². The minimum Gasteiger partial charge on any atom is -0.486 e. The van der Waals surface area contributed by atoms with Gasteiger partial charge >= 0.3 is 0 Å². The summed E-state index contributed by atoms with van der Waals surface area (Å²) in [6.07, 6.45) is 10.3. The summed E-state index contributed by atoms with van der Waals surface area (Å²) in [7, 11) is 0. The van der Waals surface area contributed by atoms with Crippen molar-refractivity contribution in [2.75, 3.05) is 32.8 Å². The standard InChI is InChI=1S/C28H41N3O4/c1-2-3-13-31-26(32)23(18-21-7-5-4-6-8-21)29-27(33)28(31)11-14-30(15-12-28)20-22-9-10-24-25(19-22)35-17-16-34-24/h9-10,19,21,23H,2-8,11-18,20H2,1H3,(H,29,33)/t23-/m0/s1. The number of hydrogen-bond donors (Lipinski definition) is 1. The van der Waals surface area contributed by atoms with E-state index in [2.05, 4.69) is 29.3 Å². The summed E-state index contributed by atoms with van der Waals surface area (Å²) in [5.41, 5.74) is 0.489. The third-order valence-electron chi connectivity index (χ3n) is 8.53. The van der Waals surface area contributed by atoms with Crippen LogP contribution in [0.3, 0.4) is 0 Å². The number of rotatable bonds is 7. The van der Waals surface area contributed by atoms with Gasteiger partial charge in [-0.15, -0.1) is 0 Å². The predicted octanol–water partition coefficient (Wildman–Crippen LogP) is 3.89. The predicted molar refractivity (Wildman–Crippen MR) is 134 cm³/mol. The number of carbonyl (C=O) groups is 2. The van der Waals surface area contributed by atoms with E-state index in [0.717, 1.165) is 50.4 Å². The quantitative estimate of drug-likeness (QED) is 0.637. The fraction of sp³-hybridized carbons (Fsp3) is 0.714. The fourth-order valence-electron chi connectivity index (χ4n) is 6.45. The van der Waals surface area contributed by atoms with Crippen molar-refractivity contribution in [2.24, 2.45) is 5.92 Å². The summed E-state index contributed by atoms with van der Waals surface area (Å²) in [4.78, 5) is 31.7. The molecule has 0 unspecified atom stereocenters. The number of likely N-dealkylation sites (tertiary alicyclic amines) is 1. The number of nitrogens with zero attached hydrogens (tertiary/aromatic N) is 2. The molecular formula is C28H41N3O4. The molecule has 2 amide bonds. The number of carbonyl (C=O) groups excluding carboxylic acids is 2. The number of piperazine rings is 1. The first-order valence-electron chi connectivity index (χ1n) is 13.8. The van der Waals surface area contributed by atoms with Gasteiger partial charge in [0.1, 0.15) is 24.8 Å². The van der Waals surface area contributed by atoms with Crippen LogP contribution in [0.4, 0.5) is 0 Å². The fourth-order valence-corrected chi connectivity index (χ4v) is 6.45. The number of hydrogen-bond acceptors (Lipinski definition) is 5. The van der Waals surface area contributed by atoms with Crippen LogP contribution in [0.1, 0.15) is 76.7 Å². The van der Waals surface area contributed by atoms with E-state index >= 15 is 0 Å². The summed E-state index contributed by atoms with van der Waals surface area (Å²) in [6.45, 7) is 6.42. The van der Waals surface area contributed by atoms with Gasteiger partial charge in [0.05, 0.1) is 0 Å². The van der Waals surface area contributed by atoms with Crippen LogP contribution in [0.25, 0.3) is 0 Å². The summed E-state index contributed by atoms with van der Waals surface area (Å²) >= 11 is 0. The van der Waals surface area contributed by atoms with Crippen molar-refractivity contribution in [1.29, 1.82) is 0 Å². The highest BCUT2D eigenvalue weighted by atomic mass is 16.6. The summed E-state index contributed by atoms with van der Waals surface area (Å²) in [5, 5.41) is 3.20. The molecule has 3 fully saturated rings. The molecule has 1 N–H and O–H groups in total. The molecule has 1 spiro atoms. The Morgan fingerprint density at radius 1 is 1.03 bits per heavy atom. The number of unbranched alkanes of at least 4 members (excludes halogenated alkanes) is 1. The van der Waals surface area contributed by atoms with Gasteiger partial charge in [-0.05, 0) is 49.3 Å². The first kappa shape index (κ1) is 24.4. The molecule has 0 radical (unpaired) electrons. The van der Waals surface area contributed by atoms with E-state index in [1.54, 1.807) is 0 Å². The highest BCUT2D eigenvalue weighted by Crippen LogP contribution is 2.37. The normalized spacial score (nSPS) is 25.1. The molecule has 3 heterocycles. The van der Waals surface area contributed by atoms with Crippen molar-refractivity contribution >= 4 is 11.8 Å². The molecule has 1 saturated carbocycles. The van der Waals surface area contributed by atoms with Crippen LogP contribution >= 0.6 is 0 Å². The van der Waals surface area contributed by atoms with Crippen LogP contribution in [0.2, 0.25) is 0 Å². The molecule has 2 saturated heterocycles. The Kier molecular flexibility index (Phi) is 7.51. The molecule has 1 atom stereocenters. The van der Waals surface area contributed by atoms with Gasteiger partial charge in [-0.2, -0.15) is 0 Å². The second-order valence-corrected chi connectivity index (χ2v) is 10.9. The lowest BCUT2D eigenvalue weighted by molar-refractivity contribution is -0.162. The molecule has 1 aromatic carbocycles. The van der Waals surface area contributed by atoms with Gasteiger partial charge in [0.2, 0.25) is 11.8 Å². The van der Waals surface area contributed by atoms with Crippen LogP contribution in [0.15, 0.2) is 18.2 Å². The number of nitrogens with one attached hydrogen (secondary N) is 1. The first-order chi connectivity index (χ1) is 17.1. The molecular weight excluding hydrogens is 442 g/mol. The number of ether oxygens (including phenoxy) is 2. The van der Waals surface area contributed by atoms with Gasteiger partial charge in [-0.3, -0.25) is 14.5 Å². The summed E-state index contributed by atoms with van der Waals surface area (Å²) in [5.74, 6) is 2.42. The molecule has 0 bridgehead atoms. The van der Waals surface area contributed by atoms with Crippen molar-refractivity contribution in [1.82, 2.24) is 15.1 Å². The van der Waals surface area contributed by atoms with E-state index in [1.165, 1.54) is 37.7 Å². The van der Waals surface area contributed by atoms with Crippen molar-refractivity contribution < 1.29 is 19.1 Å². The van der Waals surface area contributed by atoms with Gasteiger partial charge in [-0.1, -0.05) is 51.5 Å². The number of fused-ring (bicyclic) bond motifs is 1. The lowest BCUT2D eigenvalue weighted by Gasteiger charge is -2.52. The molecule has 0 aromatic heterocycles. The zero-order chi connectivity index (χ0) is 24.3. The number of benzene rings is 1. The summed E-state index contributed by atoms with van der Waals surface area (Å²) < 4.78 is 11.4. The van der Waals surface area contributed by atoms with Gasteiger partial charge in [0.25, 0.3) is 0 Å². The molecule has 5 rings (SSSR count). The molecule has 7 heteroatoms. The summed E-state index contributed by atoms with van der Waals surface area (Å²) in [6, 6.07) is 5.81. The zero-order valence-electron chi connectivity index (χ0n) is 21.2. The Morgan fingerprint density at radius 2 is 1.77 bits per heavy atom. The molecule has 7 nitrogen and oxygen atoms in total. The average Bonchev–Trinajstić information content (AvgIpc) is 2.89. The SMILES string of the molecule is CCCCN1C(=O)[C@H](CC2CCCCC2)NC(=O)C12CCN(Cc1ccc3c(c1)OCCO3)CC2. The molecule has 1 aliphatic carbocycles. The maximum atomic E-state index is 13.7. The lowest BCUT2D eigenvalue weighted by atomic mass is 9.79. The molecule has 192 valence electrons. The van der Waals surface area contributed by atoms with Crippen LogP contribution in [0, 0.1) is 5.92 Å². The third-order valence-corrected chi connectivity index (χ3v) is 8.53. The molecule has 35 heavy (non-hydrogen) atoms. The van der Waals surface area contributed by atoms with Gasteiger partial charge in [0, 0.05) is 26.2 Å². The van der Waals surface area contributed by atoms with E-state index in [1.807, 2.05) is 11.0 Å². The zero-order valence-corrected chi connectivity index (χ0v) is 21.2. The van der Waals surface area contributed by atoms with E-state index in [0.29, 0.717) is 38.5 Å². The first-order valence-corrected chi connectivity index (χ1v) is 13.8. The van der Waals surface area contributed by atoms with Gasteiger partial charge < -0.3 is 19.7 Å². The van der Waals surface area contributed by atoms with Crippen LogP contribution in [-0.2, 0) is 16.1 Å². The second kappa shape index (κ2) is 10.8. The van der Waals surface area contributed by atoms with Crippen LogP contribution in [0.5, 0.6) is 11.5 Å². The van der Waals surface area contributed by atoms with E-state index in [9.17, 15) is 9.59 Å². The lowest BCUT2D eigenvalue weighted by Crippen LogP contribution is -2.73. The second-order valence-electron chi connectivity index (χ2n) is 10.9. The molecule has 4 aliphatic rings. The minimum atomic E-state index is -0.696. The highest BCUT2D eigenvalue weighted by Gasteiger charge is 2.53. The smallest absolute Gasteiger partial charge is 0.246 e. The number of piperidine rings is 1. The monoisotopic (exact) mass is 483 g/mol. The Bertz CT molecular complexity index is 905. The average molecular weight is 484 g/mol. The third kappa shape index (κ3) is 5.16. The topological polar surface area (TPSA) is 71.1 Å².